The molecule has 0 heterocycles. The molecule has 0 N–H and O–H groups in total. The highest BCUT2D eigenvalue weighted by molar-refractivity contribution is 5.80. The molecule has 0 saturated carbocycles. The molecule has 0 radical (unpaired) electrons. The van der Waals surface area contributed by atoms with Crippen LogP contribution in [0.1, 0.15) is 10.4 Å². The summed E-state index contributed by atoms with van der Waals surface area (Å²) < 4.78 is 14.9. The fourth-order valence-corrected chi connectivity index (χ4v) is 0.999. The lowest BCUT2D eigenvalue weighted by Crippen LogP contribution is -2.01. The van der Waals surface area contributed by atoms with Crippen molar-refractivity contribution < 1.29 is 19.0 Å². The average Bonchev–Trinajstić information content (AvgIpc) is 2.26. The molecule has 4 heteroatoms. The van der Waals surface area contributed by atoms with E-state index in [-0.39, 0.29) is 6.79 Å². The summed E-state index contributed by atoms with van der Waals surface area (Å²) in [5.74, 6) is 1.11. The minimum Gasteiger partial charge on any atom is -0.497 e. The minimum absolute atomic E-state index is 0.118. The number of carbonyl (C=O) groups is 1. The van der Waals surface area contributed by atoms with Crippen LogP contribution in [-0.2, 0) is 4.74 Å². The van der Waals surface area contributed by atoms with E-state index >= 15 is 0 Å². The van der Waals surface area contributed by atoms with Gasteiger partial charge in [-0.05, 0) is 18.2 Å². The maximum atomic E-state index is 10.7. The Kier molecular flexibility index (Phi) is 3.94. The Morgan fingerprint density at radius 1 is 1.36 bits per heavy atom. The molecular formula is C10H12O4. The van der Waals surface area contributed by atoms with Crippen LogP contribution in [0, 0.1) is 0 Å². The molecule has 76 valence electrons. The van der Waals surface area contributed by atoms with Crippen LogP contribution in [0.4, 0.5) is 0 Å². The first-order chi connectivity index (χ1) is 6.81. The number of hydrogen-bond acceptors (Lipinski definition) is 4. The van der Waals surface area contributed by atoms with E-state index in [2.05, 4.69) is 0 Å². The van der Waals surface area contributed by atoms with Gasteiger partial charge in [0, 0.05) is 7.11 Å². The lowest BCUT2D eigenvalue weighted by molar-refractivity contribution is 0.0505. The lowest BCUT2D eigenvalue weighted by atomic mass is 10.2. The van der Waals surface area contributed by atoms with Gasteiger partial charge in [-0.3, -0.25) is 4.79 Å². The Morgan fingerprint density at radius 3 is 2.71 bits per heavy atom. The molecule has 0 atom stereocenters. The van der Waals surface area contributed by atoms with Crippen LogP contribution < -0.4 is 9.47 Å². The van der Waals surface area contributed by atoms with Crippen molar-refractivity contribution in [3.63, 3.8) is 0 Å². The molecule has 4 nitrogen and oxygen atoms in total. The van der Waals surface area contributed by atoms with Crippen LogP contribution in [-0.4, -0.2) is 27.3 Å². The van der Waals surface area contributed by atoms with E-state index < -0.39 is 0 Å². The van der Waals surface area contributed by atoms with Crippen molar-refractivity contribution >= 4 is 6.29 Å². The summed E-state index contributed by atoms with van der Waals surface area (Å²) in [7, 11) is 3.06. The molecule has 0 aliphatic rings. The third kappa shape index (κ3) is 2.47. The SMILES string of the molecule is COCOc1ccc(OC)cc1C=O. The van der Waals surface area contributed by atoms with E-state index in [1.807, 2.05) is 0 Å². The highest BCUT2D eigenvalue weighted by atomic mass is 16.7. The van der Waals surface area contributed by atoms with E-state index in [9.17, 15) is 4.79 Å². The number of methoxy groups -OCH3 is 2. The van der Waals surface area contributed by atoms with Crippen LogP contribution in [0.3, 0.4) is 0 Å². The molecule has 14 heavy (non-hydrogen) atoms. The second-order valence-corrected chi connectivity index (χ2v) is 2.57. The first-order valence-corrected chi connectivity index (χ1v) is 4.06. The molecule has 0 amide bonds. The van der Waals surface area contributed by atoms with Crippen molar-refractivity contribution in [2.24, 2.45) is 0 Å². The summed E-state index contributed by atoms with van der Waals surface area (Å²) >= 11 is 0. The molecule has 0 spiro atoms. The smallest absolute Gasteiger partial charge is 0.188 e. The molecule has 0 aliphatic carbocycles. The van der Waals surface area contributed by atoms with E-state index in [0.717, 1.165) is 0 Å². The summed E-state index contributed by atoms with van der Waals surface area (Å²) in [4.78, 5) is 10.7. The van der Waals surface area contributed by atoms with Crippen LogP contribution >= 0.6 is 0 Å². The Hall–Kier alpha value is -1.55. The Morgan fingerprint density at radius 2 is 2.14 bits per heavy atom. The van der Waals surface area contributed by atoms with Gasteiger partial charge < -0.3 is 14.2 Å². The standard InChI is InChI=1S/C10H12O4/c1-12-7-14-10-4-3-9(13-2)5-8(10)6-11/h3-6H,7H2,1-2H3. The van der Waals surface area contributed by atoms with Gasteiger partial charge in [-0.2, -0.15) is 0 Å². The number of carbonyl (C=O) groups excluding carboxylic acids is 1. The molecule has 1 rings (SSSR count). The van der Waals surface area contributed by atoms with E-state index in [0.29, 0.717) is 23.3 Å². The molecule has 1 aromatic carbocycles. The number of benzene rings is 1. The number of hydrogen-bond donors (Lipinski definition) is 0. The monoisotopic (exact) mass is 196 g/mol. The van der Waals surface area contributed by atoms with Crippen LogP contribution in [0.15, 0.2) is 18.2 Å². The maximum Gasteiger partial charge on any atom is 0.188 e. The highest BCUT2D eigenvalue weighted by Gasteiger charge is 2.04. The molecule has 0 bridgehead atoms. The highest BCUT2D eigenvalue weighted by Crippen LogP contribution is 2.22. The van der Waals surface area contributed by atoms with E-state index in [1.54, 1.807) is 25.3 Å². The summed E-state index contributed by atoms with van der Waals surface area (Å²) in [5.41, 5.74) is 0.446. The van der Waals surface area contributed by atoms with Crippen LogP contribution in [0.25, 0.3) is 0 Å². The Labute approximate surface area is 82.4 Å². The molecular weight excluding hydrogens is 184 g/mol. The zero-order valence-corrected chi connectivity index (χ0v) is 8.15. The van der Waals surface area contributed by atoms with Crippen LogP contribution in [0.2, 0.25) is 0 Å². The van der Waals surface area contributed by atoms with Crippen molar-refractivity contribution in [3.8, 4) is 11.5 Å². The van der Waals surface area contributed by atoms with Crippen molar-refractivity contribution in [1.29, 1.82) is 0 Å². The lowest BCUT2D eigenvalue weighted by Gasteiger charge is -2.08. The fraction of sp³-hybridized carbons (Fsp3) is 0.300. The van der Waals surface area contributed by atoms with Gasteiger partial charge >= 0.3 is 0 Å². The summed E-state index contributed by atoms with van der Waals surface area (Å²) in [6, 6.07) is 5.00. The van der Waals surface area contributed by atoms with Crippen molar-refractivity contribution in [1.82, 2.24) is 0 Å². The van der Waals surface area contributed by atoms with E-state index in [4.69, 9.17) is 14.2 Å². The zero-order chi connectivity index (χ0) is 10.4. The summed E-state index contributed by atoms with van der Waals surface area (Å²) in [6.07, 6.45) is 0.716. The van der Waals surface area contributed by atoms with Crippen molar-refractivity contribution in [2.75, 3.05) is 21.0 Å². The molecule has 0 aromatic heterocycles. The van der Waals surface area contributed by atoms with Crippen molar-refractivity contribution in [2.45, 2.75) is 0 Å². The van der Waals surface area contributed by atoms with E-state index in [1.165, 1.54) is 7.11 Å². The van der Waals surface area contributed by atoms with Gasteiger partial charge in [0.05, 0.1) is 12.7 Å². The van der Waals surface area contributed by atoms with Gasteiger partial charge in [-0.25, -0.2) is 0 Å². The van der Waals surface area contributed by atoms with Gasteiger partial charge in [0.2, 0.25) is 0 Å². The fourth-order valence-electron chi connectivity index (χ4n) is 0.999. The zero-order valence-electron chi connectivity index (χ0n) is 8.15. The quantitative estimate of drug-likeness (QED) is 0.528. The molecule has 0 fully saturated rings. The minimum atomic E-state index is 0.118. The number of ether oxygens (including phenoxy) is 3. The van der Waals surface area contributed by atoms with Gasteiger partial charge in [0.1, 0.15) is 11.5 Å². The first-order valence-electron chi connectivity index (χ1n) is 4.06. The third-order valence-corrected chi connectivity index (χ3v) is 1.68. The summed E-state index contributed by atoms with van der Waals surface area (Å²) in [6.45, 7) is 0.118. The van der Waals surface area contributed by atoms with Gasteiger partial charge in [0.15, 0.2) is 13.1 Å². The van der Waals surface area contributed by atoms with Gasteiger partial charge in [-0.1, -0.05) is 0 Å². The maximum absolute atomic E-state index is 10.7. The van der Waals surface area contributed by atoms with Crippen LogP contribution in [0.5, 0.6) is 11.5 Å². The van der Waals surface area contributed by atoms with Gasteiger partial charge in [-0.15, -0.1) is 0 Å². The van der Waals surface area contributed by atoms with Gasteiger partial charge in [0.25, 0.3) is 0 Å². The molecule has 0 saturated heterocycles. The number of rotatable bonds is 5. The third-order valence-electron chi connectivity index (χ3n) is 1.68. The largest absolute Gasteiger partial charge is 0.497 e. The second-order valence-electron chi connectivity index (χ2n) is 2.57. The Balaban J connectivity index is 2.87. The second kappa shape index (κ2) is 5.24. The predicted octanol–water partition coefficient (Wildman–Crippen LogP) is 1.49. The molecule has 1 aromatic rings. The average molecular weight is 196 g/mol. The molecule has 0 aliphatic heterocycles. The predicted molar refractivity (Wildman–Crippen MR) is 50.9 cm³/mol. The summed E-state index contributed by atoms with van der Waals surface area (Å²) in [5, 5.41) is 0. The van der Waals surface area contributed by atoms with Crippen molar-refractivity contribution in [3.05, 3.63) is 23.8 Å². The molecule has 0 unspecified atom stereocenters. The topological polar surface area (TPSA) is 44.8 Å². The number of aldehydes is 1. The normalized spacial score (nSPS) is 9.57. The Bertz CT molecular complexity index is 309. The first kappa shape index (κ1) is 10.5.